The van der Waals surface area contributed by atoms with E-state index in [4.69, 9.17) is 9.84 Å². The van der Waals surface area contributed by atoms with E-state index in [1.54, 1.807) is 4.90 Å². The average molecular weight is 243 g/mol. The maximum Gasteiger partial charge on any atom is 0.305 e. The first kappa shape index (κ1) is 14.0. The number of carbonyl (C=O) groups is 2. The fraction of sp³-hybridized carbons (Fsp3) is 0.833. The van der Waals surface area contributed by atoms with Crippen molar-refractivity contribution in [3.8, 4) is 0 Å². The van der Waals surface area contributed by atoms with Crippen LogP contribution in [0.15, 0.2) is 0 Å². The van der Waals surface area contributed by atoms with E-state index in [1.807, 2.05) is 6.92 Å². The summed E-state index contributed by atoms with van der Waals surface area (Å²) in [6.07, 6.45) is 3.66. The summed E-state index contributed by atoms with van der Waals surface area (Å²) in [5.41, 5.74) is 0. The van der Waals surface area contributed by atoms with Crippen LogP contribution in [0.2, 0.25) is 0 Å². The number of piperidine rings is 1. The molecule has 0 saturated carbocycles. The van der Waals surface area contributed by atoms with Gasteiger partial charge in [0, 0.05) is 19.2 Å². The fourth-order valence-corrected chi connectivity index (χ4v) is 2.13. The van der Waals surface area contributed by atoms with Crippen LogP contribution in [0.5, 0.6) is 0 Å². The lowest BCUT2D eigenvalue weighted by Gasteiger charge is -2.34. The van der Waals surface area contributed by atoms with Gasteiger partial charge < -0.3 is 14.7 Å². The quantitative estimate of drug-likeness (QED) is 0.713. The van der Waals surface area contributed by atoms with E-state index in [-0.39, 0.29) is 25.0 Å². The van der Waals surface area contributed by atoms with Crippen LogP contribution in [0.4, 0.5) is 0 Å². The second kappa shape index (κ2) is 7.27. The molecule has 1 amide bonds. The Hall–Kier alpha value is -1.10. The predicted octanol–water partition coefficient (Wildman–Crippen LogP) is 1.27. The zero-order chi connectivity index (χ0) is 12.7. The minimum Gasteiger partial charge on any atom is -0.481 e. The molecule has 5 heteroatoms. The highest BCUT2D eigenvalue weighted by Gasteiger charge is 2.28. The lowest BCUT2D eigenvalue weighted by atomic mass is 9.99. The summed E-state index contributed by atoms with van der Waals surface area (Å²) in [6.45, 7) is 3.29. The van der Waals surface area contributed by atoms with Crippen molar-refractivity contribution >= 4 is 11.9 Å². The Morgan fingerprint density at radius 3 is 2.82 bits per heavy atom. The first-order valence-corrected chi connectivity index (χ1v) is 6.24. The zero-order valence-electron chi connectivity index (χ0n) is 10.4. The van der Waals surface area contributed by atoms with E-state index in [0.717, 1.165) is 25.7 Å². The maximum atomic E-state index is 11.9. The Kier molecular flexibility index (Phi) is 5.97. The molecule has 0 aromatic heterocycles. The number of carboxylic acids is 1. The largest absolute Gasteiger partial charge is 0.481 e. The van der Waals surface area contributed by atoms with Gasteiger partial charge in [0.05, 0.1) is 6.42 Å². The van der Waals surface area contributed by atoms with Crippen LogP contribution in [-0.4, -0.2) is 47.7 Å². The van der Waals surface area contributed by atoms with E-state index < -0.39 is 5.97 Å². The molecule has 1 saturated heterocycles. The Morgan fingerprint density at radius 1 is 1.41 bits per heavy atom. The summed E-state index contributed by atoms with van der Waals surface area (Å²) in [4.78, 5) is 24.3. The second-order valence-corrected chi connectivity index (χ2v) is 4.39. The fourth-order valence-electron chi connectivity index (χ4n) is 2.13. The van der Waals surface area contributed by atoms with Gasteiger partial charge in [-0.1, -0.05) is 6.92 Å². The van der Waals surface area contributed by atoms with Gasteiger partial charge in [-0.25, -0.2) is 0 Å². The maximum absolute atomic E-state index is 11.9. The molecular formula is C12H21NO4. The van der Waals surface area contributed by atoms with Gasteiger partial charge in [-0.2, -0.15) is 0 Å². The van der Waals surface area contributed by atoms with E-state index in [2.05, 4.69) is 0 Å². The Bertz CT molecular complexity index is 267. The smallest absolute Gasteiger partial charge is 0.305 e. The molecule has 1 fully saturated rings. The van der Waals surface area contributed by atoms with Crippen LogP contribution in [-0.2, 0) is 14.3 Å². The third kappa shape index (κ3) is 4.73. The van der Waals surface area contributed by atoms with Gasteiger partial charge in [0.2, 0.25) is 5.91 Å². The summed E-state index contributed by atoms with van der Waals surface area (Å²) in [7, 11) is 0. The summed E-state index contributed by atoms with van der Waals surface area (Å²) in [5, 5.41) is 8.81. The van der Waals surface area contributed by atoms with E-state index >= 15 is 0 Å². The highest BCUT2D eigenvalue weighted by molar-refractivity contribution is 5.78. The molecule has 0 aromatic carbocycles. The first-order chi connectivity index (χ1) is 8.15. The van der Waals surface area contributed by atoms with Gasteiger partial charge in [0.25, 0.3) is 0 Å². The van der Waals surface area contributed by atoms with Gasteiger partial charge in [0.15, 0.2) is 0 Å². The number of ether oxygens (including phenoxy) is 1. The number of nitrogens with zero attached hydrogens (tertiary/aromatic N) is 1. The number of hydrogen-bond donors (Lipinski definition) is 1. The molecular weight excluding hydrogens is 222 g/mol. The lowest BCUT2D eigenvalue weighted by Crippen LogP contribution is -2.46. The van der Waals surface area contributed by atoms with Crippen molar-refractivity contribution in [2.24, 2.45) is 0 Å². The SMILES string of the molecule is CCCOCC(=O)N1CCCCC1CC(=O)O. The predicted molar refractivity (Wildman–Crippen MR) is 62.7 cm³/mol. The normalized spacial score (nSPS) is 20.3. The molecule has 1 unspecified atom stereocenters. The Morgan fingerprint density at radius 2 is 2.18 bits per heavy atom. The van der Waals surface area contributed by atoms with Crippen LogP contribution in [0.3, 0.4) is 0 Å². The van der Waals surface area contributed by atoms with Crippen molar-refractivity contribution in [3.05, 3.63) is 0 Å². The monoisotopic (exact) mass is 243 g/mol. The summed E-state index contributed by atoms with van der Waals surface area (Å²) in [5.74, 6) is -0.923. The van der Waals surface area contributed by atoms with E-state index in [1.165, 1.54) is 0 Å². The number of hydrogen-bond acceptors (Lipinski definition) is 3. The number of likely N-dealkylation sites (tertiary alicyclic amines) is 1. The van der Waals surface area contributed by atoms with Crippen LogP contribution in [0.1, 0.15) is 39.0 Å². The molecule has 17 heavy (non-hydrogen) atoms. The highest BCUT2D eigenvalue weighted by atomic mass is 16.5. The summed E-state index contributed by atoms with van der Waals surface area (Å²) < 4.78 is 5.21. The van der Waals surface area contributed by atoms with E-state index in [9.17, 15) is 9.59 Å². The number of aliphatic carboxylic acids is 1. The van der Waals surface area contributed by atoms with Gasteiger partial charge in [-0.15, -0.1) is 0 Å². The molecule has 1 rings (SSSR count). The zero-order valence-corrected chi connectivity index (χ0v) is 10.4. The van der Waals surface area contributed by atoms with Gasteiger partial charge in [0.1, 0.15) is 6.61 Å². The number of rotatable bonds is 6. The number of amides is 1. The third-order valence-corrected chi connectivity index (χ3v) is 2.93. The highest BCUT2D eigenvalue weighted by Crippen LogP contribution is 2.19. The number of carbonyl (C=O) groups excluding carboxylic acids is 1. The first-order valence-electron chi connectivity index (χ1n) is 6.24. The minimum absolute atomic E-state index is 0.0412. The molecule has 1 heterocycles. The molecule has 0 radical (unpaired) electrons. The van der Waals surface area contributed by atoms with Crippen molar-refractivity contribution in [1.82, 2.24) is 4.90 Å². The van der Waals surface area contributed by atoms with E-state index in [0.29, 0.717) is 13.2 Å². The molecule has 1 aliphatic heterocycles. The van der Waals surface area contributed by atoms with Gasteiger partial charge in [-0.3, -0.25) is 9.59 Å². The standard InChI is InChI=1S/C12H21NO4/c1-2-7-17-9-11(14)13-6-4-3-5-10(13)8-12(15)16/h10H,2-9H2,1H3,(H,15,16). The van der Waals surface area contributed by atoms with Gasteiger partial charge in [-0.05, 0) is 25.7 Å². The lowest BCUT2D eigenvalue weighted by molar-refractivity contribution is -0.144. The molecule has 5 nitrogen and oxygen atoms in total. The molecule has 0 aliphatic carbocycles. The van der Waals surface area contributed by atoms with Crippen molar-refractivity contribution in [2.75, 3.05) is 19.8 Å². The minimum atomic E-state index is -0.843. The molecule has 1 aliphatic rings. The van der Waals surface area contributed by atoms with Crippen molar-refractivity contribution < 1.29 is 19.4 Å². The second-order valence-electron chi connectivity index (χ2n) is 4.39. The molecule has 0 spiro atoms. The van der Waals surface area contributed by atoms with Crippen LogP contribution < -0.4 is 0 Å². The van der Waals surface area contributed by atoms with Crippen LogP contribution >= 0.6 is 0 Å². The van der Waals surface area contributed by atoms with Crippen LogP contribution in [0, 0.1) is 0 Å². The average Bonchev–Trinajstić information content (AvgIpc) is 2.29. The molecule has 1 atom stereocenters. The Balaban J connectivity index is 2.45. The van der Waals surface area contributed by atoms with Crippen molar-refractivity contribution in [2.45, 2.75) is 45.1 Å². The van der Waals surface area contributed by atoms with Crippen molar-refractivity contribution in [3.63, 3.8) is 0 Å². The molecule has 0 bridgehead atoms. The molecule has 0 aromatic rings. The van der Waals surface area contributed by atoms with Crippen molar-refractivity contribution in [1.29, 1.82) is 0 Å². The van der Waals surface area contributed by atoms with Crippen LogP contribution in [0.25, 0.3) is 0 Å². The summed E-state index contributed by atoms with van der Waals surface area (Å²) >= 11 is 0. The third-order valence-electron chi connectivity index (χ3n) is 2.93. The molecule has 98 valence electrons. The number of carboxylic acid groups (broad SMARTS) is 1. The Labute approximate surface area is 102 Å². The molecule has 1 N–H and O–H groups in total. The summed E-state index contributed by atoms with van der Waals surface area (Å²) in [6, 6.07) is -0.154. The van der Waals surface area contributed by atoms with Gasteiger partial charge >= 0.3 is 5.97 Å². The topological polar surface area (TPSA) is 66.8 Å².